The van der Waals surface area contributed by atoms with E-state index in [1.807, 2.05) is 18.2 Å². The number of likely N-dealkylation sites (N-methyl/N-ethyl adjacent to an activating group) is 1. The number of halogens is 1. The van der Waals surface area contributed by atoms with Crippen molar-refractivity contribution in [3.63, 3.8) is 0 Å². The quantitative estimate of drug-likeness (QED) is 0.708. The van der Waals surface area contributed by atoms with Crippen LogP contribution in [0.3, 0.4) is 0 Å². The summed E-state index contributed by atoms with van der Waals surface area (Å²) in [5, 5.41) is 4.02. The van der Waals surface area contributed by atoms with E-state index in [2.05, 4.69) is 38.3 Å². The molecule has 0 atom stereocenters. The van der Waals surface area contributed by atoms with Crippen molar-refractivity contribution in [3.05, 3.63) is 41.0 Å². The lowest BCUT2D eigenvalue weighted by Gasteiger charge is -2.33. The highest BCUT2D eigenvalue weighted by molar-refractivity contribution is 7.17. The number of piperazine rings is 1. The Balaban J connectivity index is 1.86. The second kappa shape index (κ2) is 6.07. The Morgan fingerprint density at radius 1 is 1.04 bits per heavy atom. The van der Waals surface area contributed by atoms with Gasteiger partial charge in [-0.1, -0.05) is 29.8 Å². The Kier molecular flexibility index (Phi) is 3.93. The van der Waals surface area contributed by atoms with Crippen molar-refractivity contribution in [2.24, 2.45) is 0 Å². The zero-order valence-corrected chi connectivity index (χ0v) is 14.4. The SMILES string of the molecule is CN1CCN(c2ncnc3scc(-c4ccccc4Cl)c23)CC1. The van der Waals surface area contributed by atoms with Gasteiger partial charge >= 0.3 is 0 Å². The summed E-state index contributed by atoms with van der Waals surface area (Å²) >= 11 is 8.07. The molecule has 1 saturated heterocycles. The first-order valence-electron chi connectivity index (χ1n) is 7.64. The zero-order chi connectivity index (χ0) is 15.8. The number of rotatable bonds is 2. The van der Waals surface area contributed by atoms with Gasteiger partial charge in [0.2, 0.25) is 0 Å². The monoisotopic (exact) mass is 344 g/mol. The Bertz CT molecular complexity index is 839. The highest BCUT2D eigenvalue weighted by Gasteiger charge is 2.21. The molecule has 0 radical (unpaired) electrons. The molecular formula is C17H17ClN4S. The fourth-order valence-electron chi connectivity index (χ4n) is 3.00. The lowest BCUT2D eigenvalue weighted by atomic mass is 10.1. The second-order valence-electron chi connectivity index (χ2n) is 5.80. The lowest BCUT2D eigenvalue weighted by molar-refractivity contribution is 0.312. The average Bonchev–Trinajstić information content (AvgIpc) is 3.00. The molecule has 4 rings (SSSR count). The lowest BCUT2D eigenvalue weighted by Crippen LogP contribution is -2.44. The summed E-state index contributed by atoms with van der Waals surface area (Å²) in [5.41, 5.74) is 2.18. The summed E-state index contributed by atoms with van der Waals surface area (Å²) in [6.45, 7) is 4.08. The summed E-state index contributed by atoms with van der Waals surface area (Å²) in [6, 6.07) is 7.96. The molecule has 0 amide bonds. The van der Waals surface area contributed by atoms with Crippen LogP contribution in [0, 0.1) is 0 Å². The number of thiophene rings is 1. The predicted molar refractivity (Wildman–Crippen MR) is 97.6 cm³/mol. The largest absolute Gasteiger partial charge is 0.353 e. The molecule has 0 unspecified atom stereocenters. The zero-order valence-electron chi connectivity index (χ0n) is 12.9. The molecule has 2 aromatic heterocycles. The van der Waals surface area contributed by atoms with Crippen LogP contribution < -0.4 is 4.90 Å². The number of anilines is 1. The van der Waals surface area contributed by atoms with E-state index in [9.17, 15) is 0 Å². The van der Waals surface area contributed by atoms with Gasteiger partial charge < -0.3 is 9.80 Å². The molecule has 4 nitrogen and oxygen atoms in total. The Morgan fingerprint density at radius 2 is 1.83 bits per heavy atom. The van der Waals surface area contributed by atoms with E-state index in [-0.39, 0.29) is 0 Å². The first kappa shape index (κ1) is 14.9. The molecule has 0 spiro atoms. The highest BCUT2D eigenvalue weighted by atomic mass is 35.5. The Hall–Kier alpha value is -1.69. The fraction of sp³-hybridized carbons (Fsp3) is 0.294. The molecule has 6 heteroatoms. The van der Waals surface area contributed by atoms with Crippen molar-refractivity contribution in [3.8, 4) is 11.1 Å². The molecule has 23 heavy (non-hydrogen) atoms. The van der Waals surface area contributed by atoms with E-state index in [1.54, 1.807) is 17.7 Å². The van der Waals surface area contributed by atoms with Crippen LogP contribution in [-0.2, 0) is 0 Å². The third kappa shape index (κ3) is 2.69. The second-order valence-corrected chi connectivity index (χ2v) is 7.06. The van der Waals surface area contributed by atoms with Gasteiger partial charge in [-0.05, 0) is 13.1 Å². The number of nitrogens with zero attached hydrogens (tertiary/aromatic N) is 4. The van der Waals surface area contributed by atoms with Crippen LogP contribution in [0.4, 0.5) is 5.82 Å². The summed E-state index contributed by atoms with van der Waals surface area (Å²) in [4.78, 5) is 14.8. The molecular weight excluding hydrogens is 328 g/mol. The number of aromatic nitrogens is 2. The normalized spacial score (nSPS) is 16.2. The first-order chi connectivity index (χ1) is 11.2. The van der Waals surface area contributed by atoms with Crippen LogP contribution in [0.25, 0.3) is 21.3 Å². The van der Waals surface area contributed by atoms with E-state index < -0.39 is 0 Å². The minimum Gasteiger partial charge on any atom is -0.353 e. The third-order valence-corrected chi connectivity index (χ3v) is 5.53. The average molecular weight is 345 g/mol. The first-order valence-corrected chi connectivity index (χ1v) is 8.90. The van der Waals surface area contributed by atoms with Gasteiger partial charge in [0.25, 0.3) is 0 Å². The third-order valence-electron chi connectivity index (χ3n) is 4.32. The van der Waals surface area contributed by atoms with Crippen LogP contribution in [0.5, 0.6) is 0 Å². The van der Waals surface area contributed by atoms with Crippen LogP contribution >= 0.6 is 22.9 Å². The highest BCUT2D eigenvalue weighted by Crippen LogP contribution is 2.40. The topological polar surface area (TPSA) is 32.3 Å². The molecule has 0 bridgehead atoms. The molecule has 3 aromatic rings. The molecule has 0 N–H and O–H groups in total. The van der Waals surface area contributed by atoms with Crippen molar-refractivity contribution in [2.45, 2.75) is 0 Å². The molecule has 1 aromatic carbocycles. The van der Waals surface area contributed by atoms with E-state index in [0.29, 0.717) is 0 Å². The summed E-state index contributed by atoms with van der Waals surface area (Å²) < 4.78 is 0. The maximum absolute atomic E-state index is 6.42. The molecule has 118 valence electrons. The van der Waals surface area contributed by atoms with Crippen LogP contribution in [-0.4, -0.2) is 48.1 Å². The molecule has 0 aliphatic carbocycles. The van der Waals surface area contributed by atoms with E-state index in [0.717, 1.165) is 58.4 Å². The van der Waals surface area contributed by atoms with Crippen LogP contribution in [0.15, 0.2) is 36.0 Å². The van der Waals surface area contributed by atoms with Gasteiger partial charge in [0.1, 0.15) is 17.0 Å². The van der Waals surface area contributed by atoms with Crippen molar-refractivity contribution >= 4 is 39.0 Å². The van der Waals surface area contributed by atoms with Crippen LogP contribution in [0.2, 0.25) is 5.02 Å². The van der Waals surface area contributed by atoms with Crippen molar-refractivity contribution in [1.29, 1.82) is 0 Å². The van der Waals surface area contributed by atoms with Gasteiger partial charge in [-0.3, -0.25) is 0 Å². The van der Waals surface area contributed by atoms with Gasteiger partial charge in [0.15, 0.2) is 0 Å². The summed E-state index contributed by atoms with van der Waals surface area (Å²) in [7, 11) is 2.16. The fourth-order valence-corrected chi connectivity index (χ4v) is 4.13. The Morgan fingerprint density at radius 3 is 2.61 bits per heavy atom. The van der Waals surface area contributed by atoms with Gasteiger partial charge in [0.05, 0.1) is 5.39 Å². The van der Waals surface area contributed by atoms with Crippen LogP contribution in [0.1, 0.15) is 0 Å². The van der Waals surface area contributed by atoms with Gasteiger partial charge in [-0.2, -0.15) is 0 Å². The molecule has 1 aliphatic heterocycles. The molecule has 1 fully saturated rings. The minimum atomic E-state index is 0.764. The van der Waals surface area contributed by atoms with E-state index in [4.69, 9.17) is 11.6 Å². The van der Waals surface area contributed by atoms with Gasteiger partial charge in [-0.15, -0.1) is 11.3 Å². The summed E-state index contributed by atoms with van der Waals surface area (Å²) in [5.74, 6) is 1.03. The van der Waals surface area contributed by atoms with E-state index >= 15 is 0 Å². The van der Waals surface area contributed by atoms with Gasteiger partial charge in [-0.25, -0.2) is 9.97 Å². The van der Waals surface area contributed by atoms with Crippen molar-refractivity contribution < 1.29 is 0 Å². The summed E-state index contributed by atoms with van der Waals surface area (Å²) in [6.07, 6.45) is 1.67. The maximum atomic E-state index is 6.42. The molecule has 0 saturated carbocycles. The van der Waals surface area contributed by atoms with Crippen molar-refractivity contribution in [1.82, 2.24) is 14.9 Å². The van der Waals surface area contributed by atoms with Gasteiger partial charge in [0, 0.05) is 47.7 Å². The van der Waals surface area contributed by atoms with Crippen molar-refractivity contribution in [2.75, 3.05) is 38.1 Å². The number of hydrogen-bond donors (Lipinski definition) is 0. The smallest absolute Gasteiger partial charge is 0.141 e. The standard InChI is InChI=1S/C17H17ClN4S/c1-21-6-8-22(9-7-21)16-15-13(10-23-17(15)20-11-19-16)12-4-2-3-5-14(12)18/h2-5,10-11H,6-9H2,1H3. The molecule has 1 aliphatic rings. The predicted octanol–water partition coefficient (Wildman–Crippen LogP) is 3.76. The molecule has 3 heterocycles. The number of fused-ring (bicyclic) bond motifs is 1. The number of hydrogen-bond acceptors (Lipinski definition) is 5. The Labute approximate surface area is 144 Å². The van der Waals surface area contributed by atoms with E-state index in [1.165, 1.54) is 0 Å². The maximum Gasteiger partial charge on any atom is 0.141 e. The number of benzene rings is 1. The minimum absolute atomic E-state index is 0.764.